The Morgan fingerprint density at radius 1 is 1.00 bits per heavy atom. The number of aliphatic hydroxyl groups is 3. The van der Waals surface area contributed by atoms with E-state index in [0.29, 0.717) is 6.42 Å². The molecule has 2 rings (SSSR count). The number of rotatable bonds is 19. The zero-order valence-electron chi connectivity index (χ0n) is 22.0. The predicted molar refractivity (Wildman–Crippen MR) is 141 cm³/mol. The smallest absolute Gasteiger partial charge is 0.359 e. The van der Waals surface area contributed by atoms with Gasteiger partial charge in [-0.15, -0.1) is 0 Å². The van der Waals surface area contributed by atoms with Crippen molar-refractivity contribution in [2.24, 2.45) is 0 Å². The van der Waals surface area contributed by atoms with E-state index in [1.54, 1.807) is 0 Å². The molecule has 1 fully saturated rings. The molecule has 0 amide bonds. The lowest BCUT2D eigenvalue weighted by Crippen LogP contribution is -2.39. The molecule has 2 unspecified atom stereocenters. The molecule has 1 aromatic heterocycles. The molecule has 0 bridgehead atoms. The first-order valence-corrected chi connectivity index (χ1v) is 15.3. The fourth-order valence-electron chi connectivity index (χ4n) is 4.54. The minimum Gasteiger partial charge on any atom is -0.387 e. The Morgan fingerprint density at radius 2 is 1.51 bits per heavy atom. The third-order valence-corrected chi connectivity index (χ3v) is 8.32. The Labute approximate surface area is 219 Å². The Kier molecular flexibility index (Phi) is 14.3. The molecular weight excluding hydrogens is 501 g/mol. The zero-order valence-corrected chi connectivity index (χ0v) is 22.9. The van der Waals surface area contributed by atoms with Crippen molar-refractivity contribution in [3.8, 4) is 0 Å². The van der Waals surface area contributed by atoms with Gasteiger partial charge in [-0.25, -0.2) is 4.79 Å². The molecule has 1 aliphatic heterocycles. The minimum absolute atomic E-state index is 0.0288. The van der Waals surface area contributed by atoms with Crippen LogP contribution >= 0.6 is 7.60 Å². The van der Waals surface area contributed by atoms with Crippen molar-refractivity contribution in [3.63, 3.8) is 0 Å². The van der Waals surface area contributed by atoms with E-state index in [1.165, 1.54) is 76.5 Å². The largest absolute Gasteiger partial charge is 0.387 e. The van der Waals surface area contributed by atoms with E-state index in [9.17, 15) is 29.6 Å². The van der Waals surface area contributed by atoms with Crippen molar-refractivity contribution < 1.29 is 34.0 Å². The first-order valence-electron chi connectivity index (χ1n) is 13.7. The Morgan fingerprint density at radius 3 is 2.03 bits per heavy atom. The standard InChI is InChI=1S/C25H46N3O8P/c1-2-3-4-5-6-7-8-9-10-11-12-13-14-15-18-35-37(33,34)24(31)22-20(29)21(30)23(36-22)28-17-16-19(26)27-25(28)32/h16-17,20-24,29-31H,2-15,18H2,1H3,(H,33,34)(H2,26,27,32)/t20-,21+,22-,23+,24?/m0/s1. The summed E-state index contributed by atoms with van der Waals surface area (Å²) >= 11 is 0. The lowest BCUT2D eigenvalue weighted by atomic mass is 10.0. The molecule has 12 heteroatoms. The van der Waals surface area contributed by atoms with Gasteiger partial charge in [0, 0.05) is 6.20 Å². The number of nitrogens with zero attached hydrogens (tertiary/aromatic N) is 2. The highest BCUT2D eigenvalue weighted by atomic mass is 31.2. The molecule has 37 heavy (non-hydrogen) atoms. The van der Waals surface area contributed by atoms with E-state index in [4.69, 9.17) is 15.0 Å². The van der Waals surface area contributed by atoms with Crippen LogP contribution in [0.4, 0.5) is 5.82 Å². The average molecular weight is 548 g/mol. The summed E-state index contributed by atoms with van der Waals surface area (Å²) in [7, 11) is -4.58. The maximum atomic E-state index is 12.6. The molecule has 1 aromatic rings. The topological polar surface area (TPSA) is 177 Å². The molecule has 214 valence electrons. The maximum Gasteiger partial charge on any atom is 0.359 e. The van der Waals surface area contributed by atoms with E-state index >= 15 is 0 Å². The second-order valence-electron chi connectivity index (χ2n) is 9.92. The number of hydrogen-bond donors (Lipinski definition) is 5. The number of aromatic nitrogens is 2. The van der Waals surface area contributed by atoms with Gasteiger partial charge in [-0.2, -0.15) is 4.98 Å². The summed E-state index contributed by atoms with van der Waals surface area (Å²) in [5, 5.41) is 31.0. The van der Waals surface area contributed by atoms with Crippen LogP contribution < -0.4 is 11.4 Å². The highest BCUT2D eigenvalue weighted by molar-refractivity contribution is 7.53. The van der Waals surface area contributed by atoms with Crippen molar-refractivity contribution in [2.75, 3.05) is 12.3 Å². The van der Waals surface area contributed by atoms with E-state index in [0.717, 1.165) is 23.8 Å². The minimum atomic E-state index is -4.58. The Hall–Kier alpha value is -1.33. The summed E-state index contributed by atoms with van der Waals surface area (Å²) in [5.74, 6) is -2.14. The number of aliphatic hydroxyl groups excluding tert-OH is 3. The second kappa shape index (κ2) is 16.6. The number of unbranched alkanes of at least 4 members (excludes halogenated alkanes) is 13. The number of ether oxygens (including phenoxy) is 1. The van der Waals surface area contributed by atoms with Gasteiger partial charge >= 0.3 is 13.3 Å². The SMILES string of the molecule is CCCCCCCCCCCCCCCCOP(=O)(O)C(O)[C@H]1O[C@@H](n2ccc(N)nc2=O)[C@H](O)[C@@H]1O. The molecule has 2 heterocycles. The van der Waals surface area contributed by atoms with Crippen LogP contribution in [0.3, 0.4) is 0 Å². The first kappa shape index (κ1) is 31.9. The summed E-state index contributed by atoms with van der Waals surface area (Å²) in [6.45, 7) is 2.20. The molecule has 1 aliphatic rings. The van der Waals surface area contributed by atoms with Gasteiger partial charge in [-0.1, -0.05) is 90.4 Å². The van der Waals surface area contributed by atoms with Crippen LogP contribution in [-0.4, -0.2) is 60.5 Å². The van der Waals surface area contributed by atoms with E-state index < -0.39 is 43.7 Å². The molecule has 0 aliphatic carbocycles. The molecule has 0 aromatic carbocycles. The molecule has 0 radical (unpaired) electrons. The quantitative estimate of drug-likeness (QED) is 0.127. The first-order chi connectivity index (χ1) is 17.7. The lowest BCUT2D eigenvalue weighted by Gasteiger charge is -2.24. The van der Waals surface area contributed by atoms with Crippen molar-refractivity contribution >= 4 is 13.4 Å². The van der Waals surface area contributed by atoms with Gasteiger partial charge in [0.2, 0.25) is 0 Å². The number of nitrogen functional groups attached to an aromatic ring is 1. The lowest BCUT2D eigenvalue weighted by molar-refractivity contribution is -0.0705. The zero-order chi connectivity index (χ0) is 27.3. The van der Waals surface area contributed by atoms with Crippen LogP contribution in [0.1, 0.15) is 103 Å². The fourth-order valence-corrected chi connectivity index (χ4v) is 5.70. The van der Waals surface area contributed by atoms with E-state index in [1.807, 2.05) is 0 Å². The predicted octanol–water partition coefficient (Wildman–Crippen LogP) is 3.45. The maximum absolute atomic E-state index is 12.6. The van der Waals surface area contributed by atoms with E-state index in [2.05, 4.69) is 11.9 Å². The van der Waals surface area contributed by atoms with Crippen molar-refractivity contribution in [3.05, 3.63) is 22.7 Å². The molecule has 0 saturated carbocycles. The van der Waals surface area contributed by atoms with Crippen LogP contribution in [0.15, 0.2) is 17.1 Å². The Balaban J connectivity index is 1.62. The molecule has 6 N–H and O–H groups in total. The molecule has 1 saturated heterocycles. The highest BCUT2D eigenvalue weighted by Gasteiger charge is 2.52. The van der Waals surface area contributed by atoms with Crippen LogP contribution in [0.5, 0.6) is 0 Å². The molecule has 11 nitrogen and oxygen atoms in total. The summed E-state index contributed by atoms with van der Waals surface area (Å²) < 4.78 is 23.9. The van der Waals surface area contributed by atoms with Crippen LogP contribution in [0.2, 0.25) is 0 Å². The monoisotopic (exact) mass is 547 g/mol. The number of nitrogens with two attached hydrogens (primary N) is 1. The van der Waals surface area contributed by atoms with E-state index in [-0.39, 0.29) is 12.4 Å². The number of hydrogen-bond acceptors (Lipinski definition) is 9. The summed E-state index contributed by atoms with van der Waals surface area (Å²) in [5.41, 5.74) is 4.61. The summed E-state index contributed by atoms with van der Waals surface area (Å²) in [4.78, 5) is 25.8. The van der Waals surface area contributed by atoms with Gasteiger partial charge in [0.1, 0.15) is 24.1 Å². The van der Waals surface area contributed by atoms with Crippen LogP contribution in [0.25, 0.3) is 0 Å². The molecular formula is C25H46N3O8P. The normalized spacial score (nSPS) is 24.2. The van der Waals surface area contributed by atoms with Crippen LogP contribution in [0, 0.1) is 0 Å². The molecule has 0 spiro atoms. The summed E-state index contributed by atoms with van der Waals surface area (Å²) in [6, 6.07) is 1.30. The van der Waals surface area contributed by atoms with Gasteiger partial charge in [0.15, 0.2) is 12.1 Å². The third-order valence-electron chi connectivity index (χ3n) is 6.80. The Bertz CT molecular complexity index is 886. The van der Waals surface area contributed by atoms with Gasteiger partial charge in [-0.05, 0) is 12.5 Å². The van der Waals surface area contributed by atoms with Gasteiger partial charge in [-0.3, -0.25) is 9.13 Å². The van der Waals surface area contributed by atoms with Crippen LogP contribution in [-0.2, 0) is 13.8 Å². The van der Waals surface area contributed by atoms with Gasteiger partial charge in [0.05, 0.1) is 6.61 Å². The summed E-state index contributed by atoms with van der Waals surface area (Å²) in [6.07, 6.45) is 11.3. The van der Waals surface area contributed by atoms with Gasteiger partial charge < -0.3 is 35.2 Å². The van der Waals surface area contributed by atoms with Crippen molar-refractivity contribution in [1.29, 1.82) is 0 Å². The van der Waals surface area contributed by atoms with Crippen molar-refractivity contribution in [2.45, 2.75) is 127 Å². The second-order valence-corrected chi connectivity index (χ2v) is 11.8. The van der Waals surface area contributed by atoms with Crippen molar-refractivity contribution in [1.82, 2.24) is 9.55 Å². The fraction of sp³-hybridized carbons (Fsp3) is 0.840. The van der Waals surface area contributed by atoms with Gasteiger partial charge in [0.25, 0.3) is 0 Å². The highest BCUT2D eigenvalue weighted by Crippen LogP contribution is 2.51. The molecule has 6 atom stereocenters. The average Bonchev–Trinajstić information content (AvgIpc) is 3.15. The number of anilines is 1. The third kappa shape index (κ3) is 10.4.